The van der Waals surface area contributed by atoms with Gasteiger partial charge in [0.15, 0.2) is 0 Å². The van der Waals surface area contributed by atoms with Crippen molar-refractivity contribution >= 4 is 0 Å². The molecule has 1 fully saturated rings. The number of alkyl halides is 1. The molecule has 0 saturated carbocycles. The van der Waals surface area contributed by atoms with Crippen LogP contribution in [0.4, 0.5) is 4.39 Å². The smallest absolute Gasteiger partial charge is 0.115 e. The summed E-state index contributed by atoms with van der Waals surface area (Å²) >= 11 is 0. The van der Waals surface area contributed by atoms with Crippen molar-refractivity contribution in [1.29, 1.82) is 0 Å². The van der Waals surface area contributed by atoms with E-state index in [4.69, 9.17) is 4.74 Å². The molecular weight excluding hydrogens is 107 g/mol. The second-order valence-corrected chi connectivity index (χ2v) is 2.26. The molecule has 0 aromatic rings. The molecule has 1 saturated heterocycles. The quantitative estimate of drug-likeness (QED) is 0.465. The first-order chi connectivity index (χ1) is 3.71. The van der Waals surface area contributed by atoms with E-state index in [9.17, 15) is 4.39 Å². The molecule has 0 bridgehead atoms. The van der Waals surface area contributed by atoms with Crippen LogP contribution >= 0.6 is 0 Å². The van der Waals surface area contributed by atoms with Crippen molar-refractivity contribution < 1.29 is 9.13 Å². The van der Waals surface area contributed by atoms with Crippen LogP contribution < -0.4 is 0 Å². The highest BCUT2D eigenvalue weighted by molar-refractivity contribution is 4.83. The molecule has 8 heavy (non-hydrogen) atoms. The van der Waals surface area contributed by atoms with Crippen molar-refractivity contribution in [2.75, 3.05) is 13.2 Å². The molecule has 0 N–H and O–H groups in total. The number of ether oxygens (including phenoxy) is 1. The Morgan fingerprint density at radius 1 is 1.38 bits per heavy atom. The van der Waals surface area contributed by atoms with Crippen molar-refractivity contribution in [3.05, 3.63) is 6.92 Å². The van der Waals surface area contributed by atoms with Crippen molar-refractivity contribution in [3.8, 4) is 0 Å². The Morgan fingerprint density at radius 2 is 1.88 bits per heavy atom. The monoisotopic (exact) mass is 117 g/mol. The van der Waals surface area contributed by atoms with Gasteiger partial charge in [-0.15, -0.1) is 0 Å². The molecule has 1 radical (unpaired) electrons. The number of halogens is 1. The first kappa shape index (κ1) is 6.02. The fourth-order valence-electron chi connectivity index (χ4n) is 0.737. The van der Waals surface area contributed by atoms with Gasteiger partial charge in [0.05, 0.1) is 0 Å². The Hall–Kier alpha value is -0.110. The van der Waals surface area contributed by atoms with E-state index in [2.05, 4.69) is 6.92 Å². The van der Waals surface area contributed by atoms with Crippen LogP contribution in [0.1, 0.15) is 12.8 Å². The number of rotatable bonds is 0. The van der Waals surface area contributed by atoms with Crippen molar-refractivity contribution in [2.24, 2.45) is 0 Å². The maximum absolute atomic E-state index is 12.7. The fraction of sp³-hybridized carbons (Fsp3) is 0.833. The second kappa shape index (κ2) is 2.02. The molecule has 47 valence electrons. The minimum absolute atomic E-state index is 0.451. The van der Waals surface area contributed by atoms with E-state index in [1.54, 1.807) is 0 Å². The topological polar surface area (TPSA) is 9.23 Å². The minimum Gasteiger partial charge on any atom is -0.381 e. The molecular formula is C6H10FO. The molecule has 0 amide bonds. The Balaban J connectivity index is 2.33. The van der Waals surface area contributed by atoms with Crippen LogP contribution in [0.5, 0.6) is 0 Å². The third kappa shape index (κ3) is 1.44. The maximum atomic E-state index is 12.7. The molecule has 1 aliphatic heterocycles. The fourth-order valence-corrected chi connectivity index (χ4v) is 0.737. The zero-order valence-corrected chi connectivity index (χ0v) is 4.82. The summed E-state index contributed by atoms with van der Waals surface area (Å²) in [6.45, 7) is 4.44. The predicted octanol–water partition coefficient (Wildman–Crippen LogP) is 1.34. The average Bonchev–Trinajstić information content (AvgIpc) is 1.65. The summed E-state index contributed by atoms with van der Waals surface area (Å²) in [6, 6.07) is 0. The van der Waals surface area contributed by atoms with Gasteiger partial charge >= 0.3 is 0 Å². The third-order valence-electron chi connectivity index (χ3n) is 1.39. The first-order valence-electron chi connectivity index (χ1n) is 2.83. The largest absolute Gasteiger partial charge is 0.381 e. The van der Waals surface area contributed by atoms with Crippen LogP contribution in [-0.2, 0) is 4.74 Å². The Morgan fingerprint density at radius 3 is 2.12 bits per heavy atom. The summed E-state index contributed by atoms with van der Waals surface area (Å²) in [4.78, 5) is 0. The zero-order valence-electron chi connectivity index (χ0n) is 4.82. The Labute approximate surface area is 48.8 Å². The van der Waals surface area contributed by atoms with Gasteiger partial charge in [0, 0.05) is 26.1 Å². The minimum atomic E-state index is -1.20. The molecule has 0 atom stereocenters. The zero-order chi connectivity index (χ0) is 6.04. The molecule has 1 aliphatic rings. The molecule has 0 aromatic heterocycles. The van der Waals surface area contributed by atoms with Crippen LogP contribution in [0.3, 0.4) is 0 Å². The molecule has 0 aromatic carbocycles. The van der Waals surface area contributed by atoms with Crippen molar-refractivity contribution in [1.82, 2.24) is 0 Å². The molecule has 1 rings (SSSR count). The van der Waals surface area contributed by atoms with Crippen LogP contribution in [-0.4, -0.2) is 18.9 Å². The molecule has 0 aliphatic carbocycles. The summed E-state index contributed by atoms with van der Waals surface area (Å²) in [5, 5.41) is 0. The lowest BCUT2D eigenvalue weighted by Crippen LogP contribution is -2.28. The summed E-state index contributed by atoms with van der Waals surface area (Å²) in [7, 11) is 0. The van der Waals surface area contributed by atoms with E-state index in [1.165, 1.54) is 0 Å². The van der Waals surface area contributed by atoms with Crippen LogP contribution in [0.2, 0.25) is 0 Å². The second-order valence-electron chi connectivity index (χ2n) is 2.26. The Bertz CT molecular complexity index is 72.6. The molecule has 0 unspecified atom stereocenters. The van der Waals surface area contributed by atoms with E-state index in [-0.39, 0.29) is 0 Å². The normalized spacial score (nSPS) is 27.8. The van der Waals surface area contributed by atoms with E-state index in [0.717, 1.165) is 0 Å². The van der Waals surface area contributed by atoms with Gasteiger partial charge in [-0.25, -0.2) is 4.39 Å². The maximum Gasteiger partial charge on any atom is 0.115 e. The van der Waals surface area contributed by atoms with Crippen LogP contribution in [0, 0.1) is 6.92 Å². The van der Waals surface area contributed by atoms with Gasteiger partial charge in [0.1, 0.15) is 5.67 Å². The van der Waals surface area contributed by atoms with Gasteiger partial charge in [0.2, 0.25) is 0 Å². The number of hydrogen-bond donors (Lipinski definition) is 0. The van der Waals surface area contributed by atoms with Gasteiger partial charge in [-0.2, -0.15) is 0 Å². The SMILES string of the molecule is [CH2]C1(F)CCOCC1. The molecule has 0 spiro atoms. The highest BCUT2D eigenvalue weighted by atomic mass is 19.1. The van der Waals surface area contributed by atoms with Crippen molar-refractivity contribution in [3.63, 3.8) is 0 Å². The lowest BCUT2D eigenvalue weighted by molar-refractivity contribution is 0.0156. The van der Waals surface area contributed by atoms with E-state index >= 15 is 0 Å². The first-order valence-corrected chi connectivity index (χ1v) is 2.83. The average molecular weight is 117 g/mol. The summed E-state index contributed by atoms with van der Waals surface area (Å²) in [5.41, 5.74) is -1.20. The van der Waals surface area contributed by atoms with Gasteiger partial charge in [-0.1, -0.05) is 0 Å². The Kier molecular flexibility index (Phi) is 1.52. The standard InChI is InChI=1S/C6H10FO/c1-6(7)2-4-8-5-3-6/h1-5H2. The van der Waals surface area contributed by atoms with Crippen molar-refractivity contribution in [2.45, 2.75) is 18.5 Å². The molecule has 1 nitrogen and oxygen atoms in total. The predicted molar refractivity (Wildman–Crippen MR) is 29.2 cm³/mol. The third-order valence-corrected chi connectivity index (χ3v) is 1.39. The van der Waals surface area contributed by atoms with Crippen LogP contribution in [0.25, 0.3) is 0 Å². The van der Waals surface area contributed by atoms with Gasteiger partial charge in [-0.05, 0) is 6.92 Å². The highest BCUT2D eigenvalue weighted by Crippen LogP contribution is 2.22. The van der Waals surface area contributed by atoms with E-state index in [1.807, 2.05) is 0 Å². The molecule has 1 heterocycles. The van der Waals surface area contributed by atoms with Gasteiger partial charge < -0.3 is 4.74 Å². The van der Waals surface area contributed by atoms with E-state index < -0.39 is 5.67 Å². The van der Waals surface area contributed by atoms with Crippen LogP contribution in [0.15, 0.2) is 0 Å². The lowest BCUT2D eigenvalue weighted by Gasteiger charge is -2.24. The van der Waals surface area contributed by atoms with Gasteiger partial charge in [0.25, 0.3) is 0 Å². The lowest BCUT2D eigenvalue weighted by atomic mass is 10.00. The van der Waals surface area contributed by atoms with E-state index in [0.29, 0.717) is 26.1 Å². The number of hydrogen-bond acceptors (Lipinski definition) is 1. The molecule has 2 heteroatoms. The van der Waals surface area contributed by atoms with Gasteiger partial charge in [-0.3, -0.25) is 0 Å². The summed E-state index contributed by atoms with van der Waals surface area (Å²) in [5.74, 6) is 0. The highest BCUT2D eigenvalue weighted by Gasteiger charge is 2.25. The summed E-state index contributed by atoms with van der Waals surface area (Å²) < 4.78 is 17.6. The summed E-state index contributed by atoms with van der Waals surface area (Å²) in [6.07, 6.45) is 0.903.